The fourth-order valence-electron chi connectivity index (χ4n) is 3.85. The molecule has 1 saturated heterocycles. The Kier molecular flexibility index (Phi) is 5.32. The molecule has 0 radical (unpaired) electrons. The van der Waals surface area contributed by atoms with Crippen LogP contribution < -0.4 is 4.90 Å². The molecule has 5 heterocycles. The number of fused-ring (bicyclic) bond motifs is 1. The van der Waals surface area contributed by atoms with Gasteiger partial charge in [0.15, 0.2) is 5.78 Å². The van der Waals surface area contributed by atoms with Crippen LogP contribution in [0.15, 0.2) is 49.1 Å². The number of piperazine rings is 1. The number of ketones is 1. The molecule has 0 saturated carbocycles. The molecule has 1 aliphatic heterocycles. The minimum Gasteiger partial charge on any atom is -0.354 e. The molecule has 9 heteroatoms. The third-order valence-electron chi connectivity index (χ3n) is 5.76. The molecule has 162 valence electrons. The number of carbonyl (C=O) groups excluding carboxylic acids is 1. The van der Waals surface area contributed by atoms with Crippen LogP contribution in [0, 0.1) is 0 Å². The molecule has 4 aromatic heterocycles. The van der Waals surface area contributed by atoms with Crippen molar-refractivity contribution in [3.05, 3.63) is 60.3 Å². The maximum absolute atomic E-state index is 13.0. The van der Waals surface area contributed by atoms with Gasteiger partial charge in [0.2, 0.25) is 0 Å². The second kappa shape index (κ2) is 8.43. The SMILES string of the molecule is CN1CCN(c2cc(C(=O)Cc3cc4cc(-c5cn(C)nn5)ncc4cn3)ccn2)CC1. The van der Waals surface area contributed by atoms with Gasteiger partial charge in [-0.05, 0) is 36.7 Å². The van der Waals surface area contributed by atoms with E-state index in [4.69, 9.17) is 0 Å². The highest BCUT2D eigenvalue weighted by molar-refractivity contribution is 5.98. The van der Waals surface area contributed by atoms with Gasteiger partial charge in [-0.1, -0.05) is 5.21 Å². The van der Waals surface area contributed by atoms with Crippen molar-refractivity contribution in [3.63, 3.8) is 0 Å². The van der Waals surface area contributed by atoms with Crippen LogP contribution in [0.25, 0.3) is 22.2 Å². The zero-order valence-electron chi connectivity index (χ0n) is 18.1. The van der Waals surface area contributed by atoms with E-state index in [1.165, 1.54) is 0 Å². The lowest BCUT2D eigenvalue weighted by molar-refractivity contribution is 0.0992. The molecule has 4 aromatic rings. The number of likely N-dealkylation sites (N-methyl/N-ethyl adjacent to an activating group) is 1. The Morgan fingerprint density at radius 1 is 0.938 bits per heavy atom. The molecular formula is C23H24N8O. The van der Waals surface area contributed by atoms with E-state index in [0.717, 1.165) is 54.2 Å². The Morgan fingerprint density at radius 3 is 2.53 bits per heavy atom. The van der Waals surface area contributed by atoms with E-state index >= 15 is 0 Å². The van der Waals surface area contributed by atoms with Crippen LogP contribution in [0.4, 0.5) is 5.82 Å². The number of nitrogens with zero attached hydrogens (tertiary/aromatic N) is 8. The lowest BCUT2D eigenvalue weighted by Gasteiger charge is -2.33. The summed E-state index contributed by atoms with van der Waals surface area (Å²) < 4.78 is 1.64. The summed E-state index contributed by atoms with van der Waals surface area (Å²) in [4.78, 5) is 30.9. The van der Waals surface area contributed by atoms with Gasteiger partial charge in [0.1, 0.15) is 11.5 Å². The number of hydrogen-bond acceptors (Lipinski definition) is 8. The maximum atomic E-state index is 13.0. The molecular weight excluding hydrogens is 404 g/mol. The maximum Gasteiger partial charge on any atom is 0.169 e. The highest BCUT2D eigenvalue weighted by atomic mass is 16.1. The van der Waals surface area contributed by atoms with Gasteiger partial charge in [-0.3, -0.25) is 19.4 Å². The van der Waals surface area contributed by atoms with Crippen molar-refractivity contribution in [2.75, 3.05) is 38.1 Å². The second-order valence-corrected chi connectivity index (χ2v) is 8.16. The van der Waals surface area contributed by atoms with Gasteiger partial charge in [0, 0.05) is 68.5 Å². The Hall–Kier alpha value is -3.72. The second-order valence-electron chi connectivity index (χ2n) is 8.16. The van der Waals surface area contributed by atoms with E-state index in [9.17, 15) is 4.79 Å². The number of rotatable bonds is 5. The van der Waals surface area contributed by atoms with E-state index in [1.54, 1.807) is 29.3 Å². The lowest BCUT2D eigenvalue weighted by atomic mass is 10.1. The Labute approximate surface area is 185 Å². The van der Waals surface area contributed by atoms with Crippen molar-refractivity contribution in [3.8, 4) is 11.4 Å². The van der Waals surface area contributed by atoms with E-state index < -0.39 is 0 Å². The first-order chi connectivity index (χ1) is 15.5. The number of aromatic nitrogens is 6. The Morgan fingerprint density at radius 2 is 1.75 bits per heavy atom. The summed E-state index contributed by atoms with van der Waals surface area (Å²) in [5, 5.41) is 9.97. The average molecular weight is 429 g/mol. The normalized spacial score (nSPS) is 14.8. The molecule has 0 aromatic carbocycles. The van der Waals surface area contributed by atoms with Crippen LogP contribution in [0.5, 0.6) is 0 Å². The average Bonchev–Trinajstić information content (AvgIpc) is 3.25. The Bertz CT molecular complexity index is 1280. The van der Waals surface area contributed by atoms with Crippen LogP contribution in [-0.2, 0) is 13.5 Å². The highest BCUT2D eigenvalue weighted by Gasteiger charge is 2.17. The van der Waals surface area contributed by atoms with Crippen LogP contribution in [0.3, 0.4) is 0 Å². The van der Waals surface area contributed by atoms with Crippen LogP contribution in [0.1, 0.15) is 16.1 Å². The minimum atomic E-state index is 0.0258. The number of pyridine rings is 3. The molecule has 0 spiro atoms. The van der Waals surface area contributed by atoms with E-state index in [1.807, 2.05) is 31.4 Å². The smallest absolute Gasteiger partial charge is 0.169 e. The first-order valence-corrected chi connectivity index (χ1v) is 10.6. The van der Waals surface area contributed by atoms with E-state index in [0.29, 0.717) is 11.3 Å². The van der Waals surface area contributed by atoms with E-state index in [-0.39, 0.29) is 12.2 Å². The van der Waals surface area contributed by atoms with Gasteiger partial charge in [-0.25, -0.2) is 4.98 Å². The molecule has 0 amide bonds. The highest BCUT2D eigenvalue weighted by Crippen LogP contribution is 2.21. The van der Waals surface area contributed by atoms with Crippen molar-refractivity contribution < 1.29 is 4.79 Å². The lowest BCUT2D eigenvalue weighted by Crippen LogP contribution is -2.44. The van der Waals surface area contributed by atoms with Crippen molar-refractivity contribution in [2.24, 2.45) is 7.05 Å². The molecule has 32 heavy (non-hydrogen) atoms. The fourth-order valence-corrected chi connectivity index (χ4v) is 3.85. The number of anilines is 1. The predicted molar refractivity (Wildman–Crippen MR) is 122 cm³/mol. The zero-order chi connectivity index (χ0) is 22.1. The van der Waals surface area contributed by atoms with Crippen LogP contribution in [0.2, 0.25) is 0 Å². The summed E-state index contributed by atoms with van der Waals surface area (Å²) in [6.07, 6.45) is 7.29. The molecule has 0 aliphatic carbocycles. The van der Waals surface area contributed by atoms with Gasteiger partial charge in [0.25, 0.3) is 0 Å². The summed E-state index contributed by atoms with van der Waals surface area (Å²) in [5.74, 6) is 0.882. The summed E-state index contributed by atoms with van der Waals surface area (Å²) >= 11 is 0. The van der Waals surface area contributed by atoms with E-state index in [2.05, 4.69) is 42.1 Å². The third kappa shape index (κ3) is 4.19. The number of Topliss-reactive ketones (excluding diaryl/α,β-unsaturated/α-hetero) is 1. The monoisotopic (exact) mass is 428 g/mol. The van der Waals surface area contributed by atoms with Gasteiger partial charge < -0.3 is 9.80 Å². The van der Waals surface area contributed by atoms with Crippen LogP contribution >= 0.6 is 0 Å². The van der Waals surface area contributed by atoms with Crippen LogP contribution in [-0.4, -0.2) is 73.9 Å². The molecule has 0 N–H and O–H groups in total. The van der Waals surface area contributed by atoms with Crippen molar-refractivity contribution >= 4 is 22.4 Å². The third-order valence-corrected chi connectivity index (χ3v) is 5.76. The first-order valence-electron chi connectivity index (χ1n) is 10.6. The Balaban J connectivity index is 1.36. The molecule has 0 unspecified atom stereocenters. The van der Waals surface area contributed by atoms with Gasteiger partial charge in [-0.2, -0.15) is 0 Å². The number of aryl methyl sites for hydroxylation is 1. The van der Waals surface area contributed by atoms with Crippen molar-refractivity contribution in [2.45, 2.75) is 6.42 Å². The van der Waals surface area contributed by atoms with Gasteiger partial charge in [0.05, 0.1) is 18.3 Å². The molecule has 0 bridgehead atoms. The number of hydrogen-bond donors (Lipinski definition) is 0. The summed E-state index contributed by atoms with van der Waals surface area (Å²) in [5.41, 5.74) is 2.82. The fraction of sp³-hybridized carbons (Fsp3) is 0.304. The molecule has 9 nitrogen and oxygen atoms in total. The zero-order valence-corrected chi connectivity index (χ0v) is 18.1. The van der Waals surface area contributed by atoms with Gasteiger partial charge in [-0.15, -0.1) is 5.10 Å². The molecule has 5 rings (SSSR count). The molecule has 1 fully saturated rings. The van der Waals surface area contributed by atoms with Crippen molar-refractivity contribution in [1.29, 1.82) is 0 Å². The summed E-state index contributed by atoms with van der Waals surface area (Å²) in [7, 11) is 3.94. The molecule has 0 atom stereocenters. The topological polar surface area (TPSA) is 92.9 Å². The quantitative estimate of drug-likeness (QED) is 0.446. The summed E-state index contributed by atoms with van der Waals surface area (Å²) in [6.45, 7) is 3.81. The number of carbonyl (C=O) groups is 1. The van der Waals surface area contributed by atoms with Gasteiger partial charge >= 0.3 is 0 Å². The summed E-state index contributed by atoms with van der Waals surface area (Å²) in [6, 6.07) is 7.56. The predicted octanol–water partition coefficient (Wildman–Crippen LogP) is 2.00. The minimum absolute atomic E-state index is 0.0258. The molecule has 1 aliphatic rings. The first kappa shape index (κ1) is 20.2. The largest absolute Gasteiger partial charge is 0.354 e. The standard InChI is InChI=1S/C23H24N8O/c1-29-5-7-31(8-6-29)23-11-16(3-4-24-23)22(32)12-19-9-17-10-20(21-15-30(2)28-27-21)26-14-18(17)13-25-19/h3-4,9-11,13-15H,5-8,12H2,1-2H3. The van der Waals surface area contributed by atoms with Crippen molar-refractivity contribution in [1.82, 2.24) is 34.8 Å².